The van der Waals surface area contributed by atoms with Gasteiger partial charge in [-0.3, -0.25) is 15.0 Å². The van der Waals surface area contributed by atoms with Gasteiger partial charge in [-0.15, -0.1) is 0 Å². The van der Waals surface area contributed by atoms with Crippen molar-refractivity contribution in [2.45, 2.75) is 31.0 Å². The molecule has 5 rings (SSSR count). The van der Waals surface area contributed by atoms with Crippen molar-refractivity contribution in [2.24, 2.45) is 11.1 Å². The second-order valence-corrected chi connectivity index (χ2v) is 10.5. The van der Waals surface area contributed by atoms with Crippen LogP contribution in [0.5, 0.6) is 0 Å². The number of carbonyl (C=O) groups is 2. The van der Waals surface area contributed by atoms with Crippen LogP contribution < -0.4 is 10.4 Å². The Hall–Kier alpha value is -3.27. The predicted molar refractivity (Wildman–Crippen MR) is 142 cm³/mol. The number of anilines is 1. The summed E-state index contributed by atoms with van der Waals surface area (Å²) >= 11 is 18.4. The standard InChI is InChI=1S/C27H19Cl3F3N3O3/c28-19-11-18(12-20(29)13-19)26(27(31,32)33)14-22(35-39-26)17-8-9-21(30)23(10-17)36(34-24(37)15-6-7-15)25(38)16-4-2-1-3-5-16/h1-5,8-13,15H,6-7,14H2,(H,34,37). The quantitative estimate of drug-likeness (QED) is 0.314. The number of carbonyl (C=O) groups excluding carboxylic acids is 2. The fraction of sp³-hybridized carbons (Fsp3) is 0.222. The molecule has 1 unspecified atom stereocenters. The number of benzene rings is 3. The molecule has 1 heterocycles. The van der Waals surface area contributed by atoms with Gasteiger partial charge in [0.05, 0.1) is 16.4 Å². The molecule has 3 aromatic carbocycles. The van der Waals surface area contributed by atoms with Crippen molar-refractivity contribution in [1.29, 1.82) is 0 Å². The van der Waals surface area contributed by atoms with E-state index < -0.39 is 24.1 Å². The Morgan fingerprint density at radius 3 is 2.26 bits per heavy atom. The lowest BCUT2D eigenvalue weighted by molar-refractivity contribution is -0.275. The molecule has 2 amide bonds. The first-order valence-electron chi connectivity index (χ1n) is 11.8. The van der Waals surface area contributed by atoms with Gasteiger partial charge in [0, 0.05) is 39.1 Å². The van der Waals surface area contributed by atoms with Crippen molar-refractivity contribution in [3.63, 3.8) is 0 Å². The largest absolute Gasteiger partial charge is 0.435 e. The summed E-state index contributed by atoms with van der Waals surface area (Å²) in [5, 5.41) is 4.88. The molecule has 202 valence electrons. The average Bonchev–Trinajstić information content (AvgIpc) is 3.64. The lowest BCUT2D eigenvalue weighted by Gasteiger charge is -2.29. The summed E-state index contributed by atoms with van der Waals surface area (Å²) in [7, 11) is 0. The number of alkyl halides is 3. The van der Waals surface area contributed by atoms with Gasteiger partial charge < -0.3 is 4.84 Å². The number of hydrogen-bond donors (Lipinski definition) is 1. The Labute approximate surface area is 236 Å². The SMILES string of the molecule is O=C(NN(C(=O)c1ccccc1)c1cc(C2=NOC(c3cc(Cl)cc(Cl)c3)(C(F)(F)F)C2)ccc1Cl)C1CC1. The van der Waals surface area contributed by atoms with Crippen molar-refractivity contribution < 1.29 is 27.6 Å². The minimum absolute atomic E-state index is 0.00780. The van der Waals surface area contributed by atoms with Crippen LogP contribution in [0.4, 0.5) is 18.9 Å². The fourth-order valence-electron chi connectivity index (χ4n) is 4.19. The molecule has 0 bridgehead atoms. The third kappa shape index (κ3) is 5.44. The predicted octanol–water partition coefficient (Wildman–Crippen LogP) is 7.32. The second-order valence-electron chi connectivity index (χ2n) is 9.21. The number of amides is 2. The van der Waals surface area contributed by atoms with E-state index in [0.29, 0.717) is 12.8 Å². The molecule has 0 spiro atoms. The molecule has 0 radical (unpaired) electrons. The highest BCUT2D eigenvalue weighted by Crippen LogP contribution is 2.50. The number of rotatable bonds is 5. The molecule has 1 N–H and O–H groups in total. The Balaban J connectivity index is 1.52. The molecule has 39 heavy (non-hydrogen) atoms. The summed E-state index contributed by atoms with van der Waals surface area (Å²) in [6.45, 7) is 0. The Morgan fingerprint density at radius 1 is 0.974 bits per heavy atom. The van der Waals surface area contributed by atoms with Gasteiger partial charge >= 0.3 is 6.18 Å². The lowest BCUT2D eigenvalue weighted by Crippen LogP contribution is -2.47. The van der Waals surface area contributed by atoms with Crippen molar-refractivity contribution in [2.75, 3.05) is 5.01 Å². The monoisotopic (exact) mass is 595 g/mol. The van der Waals surface area contributed by atoms with Gasteiger partial charge in [-0.1, -0.05) is 64.2 Å². The van der Waals surface area contributed by atoms with Crippen LogP contribution in [-0.2, 0) is 15.2 Å². The fourth-order valence-corrected chi connectivity index (χ4v) is 4.91. The van der Waals surface area contributed by atoms with E-state index >= 15 is 0 Å². The van der Waals surface area contributed by atoms with Crippen LogP contribution in [0.25, 0.3) is 0 Å². The minimum Gasteiger partial charge on any atom is -0.374 e. The highest BCUT2D eigenvalue weighted by Gasteiger charge is 2.62. The van der Waals surface area contributed by atoms with Gasteiger partial charge in [0.15, 0.2) is 0 Å². The van der Waals surface area contributed by atoms with E-state index in [1.807, 2.05) is 0 Å². The minimum atomic E-state index is -4.88. The molecular formula is C27H19Cl3F3N3O3. The van der Waals surface area contributed by atoms with E-state index in [-0.39, 0.29) is 55.0 Å². The summed E-state index contributed by atoms with van der Waals surface area (Å²) in [5.74, 6) is -1.18. The maximum Gasteiger partial charge on any atom is 0.435 e. The highest BCUT2D eigenvalue weighted by atomic mass is 35.5. The first-order valence-corrected chi connectivity index (χ1v) is 12.9. The normalized spacial score (nSPS) is 18.8. The maximum absolute atomic E-state index is 14.4. The van der Waals surface area contributed by atoms with Crippen LogP contribution in [0.3, 0.4) is 0 Å². The molecule has 0 saturated heterocycles. The molecule has 1 fully saturated rings. The molecule has 1 aliphatic heterocycles. The van der Waals surface area contributed by atoms with Crippen LogP contribution in [0.2, 0.25) is 15.1 Å². The number of nitrogens with one attached hydrogen (secondary N) is 1. The van der Waals surface area contributed by atoms with Gasteiger partial charge in [0.1, 0.15) is 0 Å². The van der Waals surface area contributed by atoms with E-state index in [9.17, 15) is 22.8 Å². The topological polar surface area (TPSA) is 71.0 Å². The summed E-state index contributed by atoms with van der Waals surface area (Å²) < 4.78 is 43.3. The zero-order valence-corrected chi connectivity index (χ0v) is 22.2. The van der Waals surface area contributed by atoms with Gasteiger partial charge in [-0.05, 0) is 55.3 Å². The zero-order valence-electron chi connectivity index (χ0n) is 19.9. The molecule has 6 nitrogen and oxygen atoms in total. The third-order valence-electron chi connectivity index (χ3n) is 6.43. The smallest absolute Gasteiger partial charge is 0.374 e. The third-order valence-corrected chi connectivity index (χ3v) is 7.19. The van der Waals surface area contributed by atoms with Crippen LogP contribution in [0.15, 0.2) is 71.9 Å². The van der Waals surface area contributed by atoms with Crippen molar-refractivity contribution >= 4 is 58.0 Å². The summed E-state index contributed by atoms with van der Waals surface area (Å²) in [6.07, 6.45) is -4.20. The molecule has 1 aliphatic carbocycles. The second kappa shape index (κ2) is 10.4. The van der Waals surface area contributed by atoms with Gasteiger partial charge in [-0.2, -0.15) is 13.2 Å². The highest BCUT2D eigenvalue weighted by molar-refractivity contribution is 6.35. The Kier molecular flexibility index (Phi) is 7.26. The molecule has 12 heteroatoms. The van der Waals surface area contributed by atoms with E-state index in [1.165, 1.54) is 24.3 Å². The van der Waals surface area contributed by atoms with Crippen molar-refractivity contribution in [3.8, 4) is 0 Å². The van der Waals surface area contributed by atoms with Gasteiger partial charge in [0.2, 0.25) is 5.91 Å². The number of halogens is 6. The first kappa shape index (κ1) is 27.3. The number of oxime groups is 1. The molecule has 1 saturated carbocycles. The summed E-state index contributed by atoms with van der Waals surface area (Å²) in [6, 6.07) is 16.0. The number of hydrazine groups is 1. The van der Waals surface area contributed by atoms with Gasteiger partial charge in [0.25, 0.3) is 11.5 Å². The molecule has 2 aliphatic rings. The number of nitrogens with zero attached hydrogens (tertiary/aromatic N) is 2. The van der Waals surface area contributed by atoms with Crippen LogP contribution >= 0.6 is 34.8 Å². The van der Waals surface area contributed by atoms with E-state index in [1.54, 1.807) is 30.3 Å². The lowest BCUT2D eigenvalue weighted by atomic mass is 9.86. The van der Waals surface area contributed by atoms with Crippen molar-refractivity contribution in [3.05, 3.63) is 98.5 Å². The molecular weight excluding hydrogens is 578 g/mol. The summed E-state index contributed by atoms with van der Waals surface area (Å²) in [4.78, 5) is 31.1. The van der Waals surface area contributed by atoms with Crippen LogP contribution in [0.1, 0.15) is 40.7 Å². The zero-order chi connectivity index (χ0) is 27.9. The molecule has 0 aromatic heterocycles. The van der Waals surface area contributed by atoms with Gasteiger partial charge in [-0.25, -0.2) is 5.01 Å². The molecule has 1 atom stereocenters. The first-order chi connectivity index (χ1) is 18.5. The van der Waals surface area contributed by atoms with Crippen molar-refractivity contribution in [1.82, 2.24) is 5.43 Å². The van der Waals surface area contributed by atoms with E-state index in [2.05, 4.69) is 10.6 Å². The van der Waals surface area contributed by atoms with Crippen LogP contribution in [0, 0.1) is 5.92 Å². The Bertz CT molecular complexity index is 1460. The Morgan fingerprint density at radius 2 is 1.64 bits per heavy atom. The molecule has 3 aromatic rings. The van der Waals surface area contributed by atoms with E-state index in [4.69, 9.17) is 39.6 Å². The average molecular weight is 597 g/mol. The maximum atomic E-state index is 14.4. The van der Waals surface area contributed by atoms with E-state index in [0.717, 1.165) is 17.1 Å². The summed E-state index contributed by atoms with van der Waals surface area (Å²) in [5.41, 5.74) is -0.0447. The number of hydrogen-bond acceptors (Lipinski definition) is 4. The van der Waals surface area contributed by atoms with Crippen LogP contribution in [-0.4, -0.2) is 23.7 Å².